The molecule has 3 rings (SSSR count). The fraction of sp³-hybridized carbons (Fsp3) is 0.0588. The lowest BCUT2D eigenvalue weighted by Gasteiger charge is -1.96. The van der Waals surface area contributed by atoms with E-state index in [1.54, 1.807) is 12.1 Å². The Labute approximate surface area is 121 Å². The molecule has 20 heavy (non-hydrogen) atoms. The van der Waals surface area contributed by atoms with Gasteiger partial charge in [0.15, 0.2) is 0 Å². The van der Waals surface area contributed by atoms with Crippen LogP contribution >= 0.6 is 11.8 Å². The molecule has 0 atom stereocenters. The molecule has 1 heterocycles. The molecule has 0 amide bonds. The number of hydrogen-bond donors (Lipinski definition) is 0. The van der Waals surface area contributed by atoms with E-state index in [0.717, 1.165) is 26.5 Å². The number of nitriles is 1. The molecule has 0 aliphatic carbocycles. The normalized spacial score (nSPS) is 15.2. The lowest BCUT2D eigenvalue weighted by Crippen LogP contribution is -1.94. The Kier molecular flexibility index (Phi) is 3.17. The van der Waals surface area contributed by atoms with Crippen LogP contribution in [0.1, 0.15) is 27.0 Å². The standard InChI is InChI=1S/C17H11NOS/c1-11-2-7-15-14(8-11)17(19)16(20-15)9-12-3-5-13(10-18)6-4-12/h2-9H,1H3/b16-9+. The Morgan fingerprint density at radius 2 is 1.90 bits per heavy atom. The van der Waals surface area contributed by atoms with Gasteiger partial charge < -0.3 is 0 Å². The summed E-state index contributed by atoms with van der Waals surface area (Å²) in [5, 5.41) is 8.78. The predicted octanol–water partition coefficient (Wildman–Crippen LogP) is 4.20. The number of nitrogens with zero attached hydrogens (tertiary/aromatic N) is 1. The Morgan fingerprint density at radius 3 is 2.60 bits per heavy atom. The largest absolute Gasteiger partial charge is 0.288 e. The number of rotatable bonds is 1. The number of ketones is 1. The third-order valence-corrected chi connectivity index (χ3v) is 4.26. The van der Waals surface area contributed by atoms with Crippen LogP contribution in [-0.4, -0.2) is 5.78 Å². The first kappa shape index (κ1) is 12.7. The van der Waals surface area contributed by atoms with Crippen LogP contribution in [-0.2, 0) is 0 Å². The summed E-state index contributed by atoms with van der Waals surface area (Å²) in [5.41, 5.74) is 3.44. The second-order valence-corrected chi connectivity index (χ2v) is 5.76. The number of Topliss-reactive ketones (excluding diaryl/α,β-unsaturated/α-hetero) is 1. The Morgan fingerprint density at radius 1 is 1.15 bits per heavy atom. The van der Waals surface area contributed by atoms with Gasteiger partial charge in [0.05, 0.1) is 16.5 Å². The number of carbonyl (C=O) groups is 1. The molecule has 3 heteroatoms. The zero-order valence-electron chi connectivity index (χ0n) is 10.9. The van der Waals surface area contributed by atoms with Gasteiger partial charge in [0.2, 0.25) is 5.78 Å². The van der Waals surface area contributed by atoms with Crippen molar-refractivity contribution in [3.05, 3.63) is 69.6 Å². The molecule has 0 bridgehead atoms. The number of benzene rings is 2. The van der Waals surface area contributed by atoms with Crippen molar-refractivity contribution in [2.75, 3.05) is 0 Å². The quantitative estimate of drug-likeness (QED) is 0.734. The van der Waals surface area contributed by atoms with E-state index < -0.39 is 0 Å². The molecule has 2 nitrogen and oxygen atoms in total. The third-order valence-electron chi connectivity index (χ3n) is 3.16. The van der Waals surface area contributed by atoms with Crippen LogP contribution in [0.5, 0.6) is 0 Å². The molecular weight excluding hydrogens is 266 g/mol. The van der Waals surface area contributed by atoms with Crippen LogP contribution in [0.15, 0.2) is 52.3 Å². The highest BCUT2D eigenvalue weighted by Crippen LogP contribution is 2.41. The van der Waals surface area contributed by atoms with Crippen molar-refractivity contribution in [3.8, 4) is 6.07 Å². The monoisotopic (exact) mass is 277 g/mol. The van der Waals surface area contributed by atoms with E-state index in [-0.39, 0.29) is 5.78 Å². The molecule has 96 valence electrons. The van der Waals surface area contributed by atoms with Crippen molar-refractivity contribution in [2.45, 2.75) is 11.8 Å². The average molecular weight is 277 g/mol. The first-order valence-electron chi connectivity index (χ1n) is 6.22. The molecule has 0 spiro atoms. The molecule has 1 aliphatic heterocycles. The van der Waals surface area contributed by atoms with Crippen LogP contribution < -0.4 is 0 Å². The maximum atomic E-state index is 12.3. The lowest BCUT2D eigenvalue weighted by atomic mass is 10.1. The second kappa shape index (κ2) is 4.99. The summed E-state index contributed by atoms with van der Waals surface area (Å²) in [7, 11) is 0. The van der Waals surface area contributed by atoms with Gasteiger partial charge in [-0.05, 0) is 42.8 Å². The Balaban J connectivity index is 1.95. The van der Waals surface area contributed by atoms with E-state index in [2.05, 4.69) is 6.07 Å². The van der Waals surface area contributed by atoms with Crippen LogP contribution in [0, 0.1) is 18.3 Å². The van der Waals surface area contributed by atoms with Gasteiger partial charge in [-0.1, -0.05) is 35.5 Å². The van der Waals surface area contributed by atoms with Gasteiger partial charge in [-0.25, -0.2) is 0 Å². The van der Waals surface area contributed by atoms with Crippen LogP contribution in [0.3, 0.4) is 0 Å². The first-order chi connectivity index (χ1) is 9.67. The minimum atomic E-state index is 0.0815. The highest BCUT2D eigenvalue weighted by Gasteiger charge is 2.25. The summed E-state index contributed by atoms with van der Waals surface area (Å²) in [5.74, 6) is 0.0815. The summed E-state index contributed by atoms with van der Waals surface area (Å²) in [6.45, 7) is 1.99. The topological polar surface area (TPSA) is 40.9 Å². The van der Waals surface area contributed by atoms with Gasteiger partial charge in [-0.3, -0.25) is 4.79 Å². The number of allylic oxidation sites excluding steroid dienone is 1. The van der Waals surface area contributed by atoms with Gasteiger partial charge in [0.1, 0.15) is 0 Å². The molecule has 2 aromatic carbocycles. The molecule has 0 fully saturated rings. The Hall–Kier alpha value is -2.31. The van der Waals surface area contributed by atoms with E-state index >= 15 is 0 Å². The summed E-state index contributed by atoms with van der Waals surface area (Å²) >= 11 is 1.50. The number of aryl methyl sites for hydroxylation is 1. The highest BCUT2D eigenvalue weighted by atomic mass is 32.2. The van der Waals surface area contributed by atoms with E-state index in [1.165, 1.54) is 11.8 Å². The highest BCUT2D eigenvalue weighted by molar-refractivity contribution is 8.04. The van der Waals surface area contributed by atoms with Crippen LogP contribution in [0.4, 0.5) is 0 Å². The summed E-state index contributed by atoms with van der Waals surface area (Å²) in [6.07, 6.45) is 1.88. The average Bonchev–Trinajstić information content (AvgIpc) is 2.76. The summed E-state index contributed by atoms with van der Waals surface area (Å²) in [6, 6.07) is 15.3. The van der Waals surface area contributed by atoms with Crippen molar-refractivity contribution in [2.24, 2.45) is 0 Å². The van der Waals surface area contributed by atoms with Crippen molar-refractivity contribution >= 4 is 23.6 Å². The molecule has 2 aromatic rings. The first-order valence-corrected chi connectivity index (χ1v) is 7.04. The van der Waals surface area contributed by atoms with Crippen LogP contribution in [0.2, 0.25) is 0 Å². The number of fused-ring (bicyclic) bond motifs is 1. The predicted molar refractivity (Wildman–Crippen MR) is 80.5 cm³/mol. The minimum absolute atomic E-state index is 0.0815. The minimum Gasteiger partial charge on any atom is -0.288 e. The second-order valence-electron chi connectivity index (χ2n) is 4.67. The van der Waals surface area contributed by atoms with E-state index in [4.69, 9.17) is 5.26 Å². The van der Waals surface area contributed by atoms with Crippen molar-refractivity contribution in [1.82, 2.24) is 0 Å². The number of carbonyl (C=O) groups excluding carboxylic acids is 1. The molecule has 0 unspecified atom stereocenters. The molecule has 0 N–H and O–H groups in total. The lowest BCUT2D eigenvalue weighted by molar-refractivity contribution is 0.104. The molecule has 0 aromatic heterocycles. The summed E-state index contributed by atoms with van der Waals surface area (Å²) < 4.78 is 0. The van der Waals surface area contributed by atoms with Crippen LogP contribution in [0.25, 0.3) is 6.08 Å². The Bertz CT molecular complexity index is 767. The fourth-order valence-electron chi connectivity index (χ4n) is 2.11. The van der Waals surface area contributed by atoms with Crippen molar-refractivity contribution in [1.29, 1.82) is 5.26 Å². The SMILES string of the molecule is Cc1ccc2c(c1)C(=O)/C(=C\c1ccc(C#N)cc1)S2. The van der Waals surface area contributed by atoms with E-state index in [1.807, 2.05) is 43.3 Å². The van der Waals surface area contributed by atoms with Gasteiger partial charge >= 0.3 is 0 Å². The molecule has 0 radical (unpaired) electrons. The molecule has 1 aliphatic rings. The molecular formula is C17H11NOS. The zero-order valence-corrected chi connectivity index (χ0v) is 11.7. The van der Waals surface area contributed by atoms with Gasteiger partial charge in [-0.2, -0.15) is 5.26 Å². The fourth-order valence-corrected chi connectivity index (χ4v) is 3.14. The van der Waals surface area contributed by atoms with Crippen molar-refractivity contribution in [3.63, 3.8) is 0 Å². The summed E-state index contributed by atoms with van der Waals surface area (Å²) in [4.78, 5) is 14.1. The van der Waals surface area contributed by atoms with E-state index in [9.17, 15) is 4.79 Å². The third kappa shape index (κ3) is 2.26. The van der Waals surface area contributed by atoms with Gasteiger partial charge in [0, 0.05) is 10.5 Å². The van der Waals surface area contributed by atoms with Gasteiger partial charge in [0.25, 0.3) is 0 Å². The smallest absolute Gasteiger partial charge is 0.200 e. The number of hydrogen-bond acceptors (Lipinski definition) is 3. The van der Waals surface area contributed by atoms with Crippen molar-refractivity contribution < 1.29 is 4.79 Å². The van der Waals surface area contributed by atoms with E-state index in [0.29, 0.717) is 5.56 Å². The molecule has 0 saturated heterocycles. The maximum absolute atomic E-state index is 12.3. The number of thioether (sulfide) groups is 1. The zero-order chi connectivity index (χ0) is 14.1. The van der Waals surface area contributed by atoms with Gasteiger partial charge in [-0.15, -0.1) is 0 Å². The maximum Gasteiger partial charge on any atom is 0.200 e. The molecule has 0 saturated carbocycles.